The third-order valence-corrected chi connectivity index (χ3v) is 2.99. The highest BCUT2D eigenvalue weighted by molar-refractivity contribution is 6.10. The third kappa shape index (κ3) is 2.82. The summed E-state index contributed by atoms with van der Waals surface area (Å²) in [7, 11) is 1.62. The summed E-state index contributed by atoms with van der Waals surface area (Å²) < 4.78 is 0. The molecule has 0 atom stereocenters. The van der Waals surface area contributed by atoms with E-state index in [1.807, 2.05) is 31.2 Å². The Morgan fingerprint density at radius 1 is 1.26 bits per heavy atom. The lowest BCUT2D eigenvalue weighted by atomic mass is 10.1. The predicted octanol–water partition coefficient (Wildman–Crippen LogP) is 1.68. The van der Waals surface area contributed by atoms with Gasteiger partial charge in [0.15, 0.2) is 5.78 Å². The van der Waals surface area contributed by atoms with E-state index in [0.29, 0.717) is 5.56 Å². The van der Waals surface area contributed by atoms with E-state index < -0.39 is 5.97 Å². The van der Waals surface area contributed by atoms with Gasteiger partial charge >= 0.3 is 5.97 Å². The first-order chi connectivity index (χ1) is 8.99. The van der Waals surface area contributed by atoms with Gasteiger partial charge < -0.3 is 10.1 Å². The van der Waals surface area contributed by atoms with Gasteiger partial charge in [-0.2, -0.15) is 0 Å². The van der Waals surface area contributed by atoms with Crippen LogP contribution in [0.1, 0.15) is 16.1 Å². The quantitative estimate of drug-likeness (QED) is 0.802. The Hall–Kier alpha value is -2.14. The lowest BCUT2D eigenvalue weighted by Crippen LogP contribution is -2.31. The molecule has 2 aromatic rings. The third-order valence-electron chi connectivity index (χ3n) is 2.99. The number of benzene rings is 1. The second-order valence-electron chi connectivity index (χ2n) is 4.66. The summed E-state index contributed by atoms with van der Waals surface area (Å²) in [6.45, 7) is 1.80. The number of nitrogens with zero attached hydrogens (tertiary/aromatic N) is 1. The first-order valence-corrected chi connectivity index (χ1v) is 6.00. The van der Waals surface area contributed by atoms with Crippen molar-refractivity contribution in [3.63, 3.8) is 0 Å². The molecule has 0 bridgehead atoms. The molecule has 0 aliphatic rings. The van der Waals surface area contributed by atoms with Crippen LogP contribution in [-0.2, 0) is 4.79 Å². The first kappa shape index (κ1) is 13.3. The van der Waals surface area contributed by atoms with Gasteiger partial charge in [-0.25, -0.2) is 0 Å². The van der Waals surface area contributed by atoms with Crippen molar-refractivity contribution < 1.29 is 14.7 Å². The molecule has 0 aliphatic carbocycles. The molecule has 0 amide bonds. The number of carbonyl (C=O) groups excluding carboxylic acids is 1. The molecule has 1 aromatic carbocycles. The van der Waals surface area contributed by atoms with Gasteiger partial charge in [-0.3, -0.25) is 14.5 Å². The van der Waals surface area contributed by atoms with Crippen LogP contribution in [0.25, 0.3) is 10.9 Å². The predicted molar refractivity (Wildman–Crippen MR) is 72.5 cm³/mol. The molecular formula is C14H16N2O3. The number of aromatic amines is 1. The number of carboxylic acids is 1. The zero-order valence-electron chi connectivity index (χ0n) is 10.9. The van der Waals surface area contributed by atoms with Gasteiger partial charge in [0.2, 0.25) is 0 Å². The van der Waals surface area contributed by atoms with E-state index >= 15 is 0 Å². The number of ketones is 1. The Labute approximate surface area is 110 Å². The molecule has 100 valence electrons. The summed E-state index contributed by atoms with van der Waals surface area (Å²) >= 11 is 0. The maximum atomic E-state index is 12.3. The monoisotopic (exact) mass is 260 g/mol. The zero-order valence-corrected chi connectivity index (χ0v) is 10.9. The summed E-state index contributed by atoms with van der Waals surface area (Å²) in [6.07, 6.45) is 0. The SMILES string of the molecule is Cc1[nH]c2ccccc2c1C(=O)CN(C)CC(=O)O. The van der Waals surface area contributed by atoms with E-state index in [4.69, 9.17) is 5.11 Å². The van der Waals surface area contributed by atoms with Crippen LogP contribution in [0.2, 0.25) is 0 Å². The van der Waals surface area contributed by atoms with Crippen molar-refractivity contribution >= 4 is 22.7 Å². The molecule has 1 aromatic heterocycles. The maximum Gasteiger partial charge on any atom is 0.317 e. The first-order valence-electron chi connectivity index (χ1n) is 6.00. The van der Waals surface area contributed by atoms with Crippen LogP contribution in [0.4, 0.5) is 0 Å². The highest BCUT2D eigenvalue weighted by Crippen LogP contribution is 2.22. The van der Waals surface area contributed by atoms with Crippen LogP contribution in [0.3, 0.4) is 0 Å². The lowest BCUT2D eigenvalue weighted by molar-refractivity contribution is -0.137. The van der Waals surface area contributed by atoms with Crippen LogP contribution in [0, 0.1) is 6.92 Å². The van der Waals surface area contributed by atoms with Gasteiger partial charge in [-0.05, 0) is 20.0 Å². The number of carbonyl (C=O) groups is 2. The number of hydrogen-bond donors (Lipinski definition) is 2. The Bertz CT molecular complexity index is 631. The van der Waals surface area contributed by atoms with Crippen molar-refractivity contribution in [2.24, 2.45) is 0 Å². The molecule has 0 saturated carbocycles. The number of likely N-dealkylation sites (N-methyl/N-ethyl adjacent to an activating group) is 1. The van der Waals surface area contributed by atoms with Gasteiger partial charge in [0.25, 0.3) is 0 Å². The molecule has 0 aliphatic heterocycles. The molecule has 2 N–H and O–H groups in total. The van der Waals surface area contributed by atoms with Gasteiger partial charge in [-0.1, -0.05) is 18.2 Å². The fraction of sp³-hybridized carbons (Fsp3) is 0.286. The Balaban J connectivity index is 2.26. The Kier molecular flexibility index (Phi) is 3.66. The largest absolute Gasteiger partial charge is 0.480 e. The summed E-state index contributed by atoms with van der Waals surface area (Å²) in [5, 5.41) is 9.58. The molecule has 0 saturated heterocycles. The standard InChI is InChI=1S/C14H16N2O3/c1-9-14(10-5-3-4-6-11(10)15-9)12(17)7-16(2)8-13(18)19/h3-6,15H,7-8H2,1-2H3,(H,18,19). The van der Waals surface area contributed by atoms with E-state index in [0.717, 1.165) is 16.6 Å². The van der Waals surface area contributed by atoms with E-state index in [2.05, 4.69) is 4.98 Å². The topological polar surface area (TPSA) is 73.4 Å². The number of nitrogens with one attached hydrogen (secondary N) is 1. The van der Waals surface area contributed by atoms with Crippen molar-refractivity contribution in [3.05, 3.63) is 35.5 Å². The maximum absolute atomic E-state index is 12.3. The van der Waals surface area contributed by atoms with Crippen molar-refractivity contribution in [2.75, 3.05) is 20.1 Å². The minimum Gasteiger partial charge on any atom is -0.480 e. The molecule has 0 unspecified atom stereocenters. The fourth-order valence-corrected chi connectivity index (χ4v) is 2.25. The second kappa shape index (κ2) is 5.24. The minimum atomic E-state index is -0.939. The van der Waals surface area contributed by atoms with Crippen molar-refractivity contribution in [1.29, 1.82) is 0 Å². The fourth-order valence-electron chi connectivity index (χ4n) is 2.25. The minimum absolute atomic E-state index is 0.0706. The molecule has 19 heavy (non-hydrogen) atoms. The number of hydrogen-bond acceptors (Lipinski definition) is 3. The second-order valence-corrected chi connectivity index (χ2v) is 4.66. The number of aliphatic carboxylic acids is 1. The lowest BCUT2D eigenvalue weighted by Gasteiger charge is -2.12. The van der Waals surface area contributed by atoms with E-state index in [1.165, 1.54) is 4.90 Å². The molecule has 0 spiro atoms. The highest BCUT2D eigenvalue weighted by atomic mass is 16.4. The highest BCUT2D eigenvalue weighted by Gasteiger charge is 2.17. The molecule has 1 heterocycles. The molecule has 5 heteroatoms. The van der Waals surface area contributed by atoms with Gasteiger partial charge in [0.05, 0.1) is 13.1 Å². The average molecular weight is 260 g/mol. The number of rotatable bonds is 5. The van der Waals surface area contributed by atoms with E-state index in [9.17, 15) is 9.59 Å². The van der Waals surface area contributed by atoms with Gasteiger partial charge in [0.1, 0.15) is 0 Å². The van der Waals surface area contributed by atoms with Crippen LogP contribution < -0.4 is 0 Å². The number of Topliss-reactive ketones (excluding diaryl/α,β-unsaturated/α-hetero) is 1. The summed E-state index contributed by atoms with van der Waals surface area (Å²) in [4.78, 5) is 27.5. The van der Waals surface area contributed by atoms with Crippen LogP contribution in [0.15, 0.2) is 24.3 Å². The number of aryl methyl sites for hydroxylation is 1. The van der Waals surface area contributed by atoms with Gasteiger partial charge in [0, 0.05) is 22.2 Å². The van der Waals surface area contributed by atoms with Crippen molar-refractivity contribution in [2.45, 2.75) is 6.92 Å². The number of fused-ring (bicyclic) bond motifs is 1. The molecule has 5 nitrogen and oxygen atoms in total. The van der Waals surface area contributed by atoms with Crippen LogP contribution in [0.5, 0.6) is 0 Å². The van der Waals surface area contributed by atoms with Gasteiger partial charge in [-0.15, -0.1) is 0 Å². The molecule has 0 fully saturated rings. The average Bonchev–Trinajstić information content (AvgIpc) is 2.63. The zero-order chi connectivity index (χ0) is 14.0. The number of H-pyrrole nitrogens is 1. The Morgan fingerprint density at radius 2 is 1.95 bits per heavy atom. The van der Waals surface area contributed by atoms with Crippen molar-refractivity contribution in [3.8, 4) is 0 Å². The number of para-hydroxylation sites is 1. The summed E-state index contributed by atoms with van der Waals surface area (Å²) in [6, 6.07) is 7.60. The normalized spacial score (nSPS) is 11.1. The summed E-state index contributed by atoms with van der Waals surface area (Å²) in [5.74, 6) is -1.01. The van der Waals surface area contributed by atoms with Crippen LogP contribution in [-0.4, -0.2) is 46.9 Å². The molecule has 0 radical (unpaired) electrons. The van der Waals surface area contributed by atoms with E-state index in [-0.39, 0.29) is 18.9 Å². The van der Waals surface area contributed by atoms with Crippen LogP contribution >= 0.6 is 0 Å². The Morgan fingerprint density at radius 3 is 2.63 bits per heavy atom. The number of aromatic nitrogens is 1. The summed E-state index contributed by atoms with van der Waals surface area (Å²) in [5.41, 5.74) is 2.38. The van der Waals surface area contributed by atoms with Crippen molar-refractivity contribution in [1.82, 2.24) is 9.88 Å². The smallest absolute Gasteiger partial charge is 0.317 e. The molecule has 2 rings (SSSR count). The number of carboxylic acid groups (broad SMARTS) is 1. The van der Waals surface area contributed by atoms with E-state index in [1.54, 1.807) is 7.05 Å². The molecular weight excluding hydrogens is 244 g/mol.